The summed E-state index contributed by atoms with van der Waals surface area (Å²) >= 11 is 0. The third-order valence-corrected chi connectivity index (χ3v) is 4.36. The van der Waals surface area contributed by atoms with E-state index in [1.54, 1.807) is 0 Å². The molecule has 1 aliphatic carbocycles. The summed E-state index contributed by atoms with van der Waals surface area (Å²) in [5.74, 6) is -1.69. The highest BCUT2D eigenvalue weighted by Gasteiger charge is 2.29. The van der Waals surface area contributed by atoms with Gasteiger partial charge in [-0.3, -0.25) is 9.59 Å². The quantitative estimate of drug-likeness (QED) is 0.847. The summed E-state index contributed by atoms with van der Waals surface area (Å²) < 4.78 is 26.8. The van der Waals surface area contributed by atoms with Gasteiger partial charge in [-0.1, -0.05) is 0 Å². The van der Waals surface area contributed by atoms with Gasteiger partial charge in [-0.15, -0.1) is 0 Å². The van der Waals surface area contributed by atoms with Gasteiger partial charge in [0, 0.05) is 37.2 Å². The molecule has 0 radical (unpaired) electrons. The summed E-state index contributed by atoms with van der Waals surface area (Å²) in [5, 5.41) is 2.82. The van der Waals surface area contributed by atoms with Crippen LogP contribution in [0.3, 0.4) is 0 Å². The summed E-state index contributed by atoms with van der Waals surface area (Å²) in [6, 6.07) is 2.29. The number of benzene rings is 1. The summed E-state index contributed by atoms with van der Waals surface area (Å²) in [6.45, 7) is 0.991. The fourth-order valence-electron chi connectivity index (χ4n) is 2.91. The molecule has 23 heavy (non-hydrogen) atoms. The number of aryl methyl sites for hydroxylation is 1. The molecule has 0 bridgehead atoms. The molecule has 1 N–H and O–H groups in total. The molecule has 2 aliphatic rings. The largest absolute Gasteiger partial charge is 0.356 e. The highest BCUT2D eigenvalue weighted by Crippen LogP contribution is 2.30. The van der Waals surface area contributed by atoms with E-state index in [4.69, 9.17) is 0 Å². The van der Waals surface area contributed by atoms with Crippen LogP contribution in [0.25, 0.3) is 0 Å². The monoisotopic (exact) mass is 322 g/mol. The average molecular weight is 322 g/mol. The predicted octanol–water partition coefficient (Wildman–Crippen LogP) is 2.55. The Kier molecular flexibility index (Phi) is 4.59. The number of halogens is 2. The number of anilines is 1. The fraction of sp³-hybridized carbons (Fsp3) is 0.529. The van der Waals surface area contributed by atoms with Crippen molar-refractivity contribution >= 4 is 17.5 Å². The van der Waals surface area contributed by atoms with Gasteiger partial charge in [0.25, 0.3) is 0 Å². The van der Waals surface area contributed by atoms with Crippen molar-refractivity contribution in [3.05, 3.63) is 29.3 Å². The normalized spacial score (nSPS) is 16.9. The molecule has 124 valence electrons. The van der Waals surface area contributed by atoms with Crippen molar-refractivity contribution in [2.24, 2.45) is 5.92 Å². The molecule has 1 saturated carbocycles. The highest BCUT2D eigenvalue weighted by molar-refractivity contribution is 5.94. The lowest BCUT2D eigenvalue weighted by Crippen LogP contribution is -2.36. The third-order valence-electron chi connectivity index (χ3n) is 4.36. The number of amides is 2. The minimum atomic E-state index is -0.930. The van der Waals surface area contributed by atoms with Crippen LogP contribution in [0, 0.1) is 17.6 Å². The number of nitrogens with one attached hydrogen (secondary N) is 1. The average Bonchev–Trinajstić information content (AvgIpc) is 3.36. The van der Waals surface area contributed by atoms with E-state index in [1.165, 1.54) is 11.0 Å². The van der Waals surface area contributed by atoms with Crippen LogP contribution in [-0.4, -0.2) is 24.9 Å². The Balaban J connectivity index is 1.56. The summed E-state index contributed by atoms with van der Waals surface area (Å²) in [6.07, 6.45) is 4.13. The van der Waals surface area contributed by atoms with Crippen molar-refractivity contribution in [3.8, 4) is 0 Å². The van der Waals surface area contributed by atoms with Crippen LogP contribution in [0.15, 0.2) is 12.1 Å². The van der Waals surface area contributed by atoms with Gasteiger partial charge in [0.15, 0.2) is 11.6 Å². The van der Waals surface area contributed by atoms with Crippen LogP contribution in [0.2, 0.25) is 0 Å². The van der Waals surface area contributed by atoms with E-state index in [0.29, 0.717) is 37.2 Å². The first-order chi connectivity index (χ1) is 11.1. The Bertz CT molecular complexity index is 629. The second-order valence-electron chi connectivity index (χ2n) is 6.21. The molecule has 6 heteroatoms. The van der Waals surface area contributed by atoms with Crippen molar-refractivity contribution in [1.82, 2.24) is 5.32 Å². The standard InChI is InChI=1S/C17H20F2N2O2/c18-13-9-12-3-2-8-21(15(12)10-14(13)19)16(22)4-1-7-20-17(23)11-5-6-11/h9-11H,1-8H2,(H,20,23). The zero-order valence-corrected chi connectivity index (χ0v) is 12.9. The summed E-state index contributed by atoms with van der Waals surface area (Å²) in [7, 11) is 0. The molecule has 1 aliphatic heterocycles. The minimum absolute atomic E-state index is 0.0679. The summed E-state index contributed by atoms with van der Waals surface area (Å²) in [5.41, 5.74) is 1.15. The second kappa shape index (κ2) is 6.64. The first-order valence-electron chi connectivity index (χ1n) is 8.12. The third kappa shape index (κ3) is 3.68. The number of nitrogens with zero attached hydrogens (tertiary/aromatic N) is 1. The number of hydrogen-bond acceptors (Lipinski definition) is 2. The van der Waals surface area contributed by atoms with E-state index < -0.39 is 11.6 Å². The molecule has 0 spiro atoms. The molecule has 2 amide bonds. The molecule has 1 fully saturated rings. The lowest BCUT2D eigenvalue weighted by atomic mass is 10.0. The zero-order chi connectivity index (χ0) is 16.4. The van der Waals surface area contributed by atoms with Crippen LogP contribution in [0.5, 0.6) is 0 Å². The Morgan fingerprint density at radius 2 is 1.96 bits per heavy atom. The second-order valence-corrected chi connectivity index (χ2v) is 6.21. The maximum atomic E-state index is 13.5. The summed E-state index contributed by atoms with van der Waals surface area (Å²) in [4.78, 5) is 25.4. The van der Waals surface area contributed by atoms with Gasteiger partial charge in [-0.05, 0) is 43.7 Å². The Morgan fingerprint density at radius 3 is 2.70 bits per heavy atom. The topological polar surface area (TPSA) is 49.4 Å². The van der Waals surface area contributed by atoms with Gasteiger partial charge >= 0.3 is 0 Å². The van der Waals surface area contributed by atoms with Crippen LogP contribution in [0.4, 0.5) is 14.5 Å². The number of fused-ring (bicyclic) bond motifs is 1. The van der Waals surface area contributed by atoms with Gasteiger partial charge < -0.3 is 10.2 Å². The lowest BCUT2D eigenvalue weighted by Gasteiger charge is -2.29. The molecule has 1 heterocycles. The van der Waals surface area contributed by atoms with Crippen LogP contribution < -0.4 is 10.2 Å². The van der Waals surface area contributed by atoms with E-state index in [0.717, 1.165) is 25.3 Å². The number of hydrogen-bond donors (Lipinski definition) is 1. The molecule has 1 aromatic rings. The first kappa shape index (κ1) is 15.9. The highest BCUT2D eigenvalue weighted by atomic mass is 19.2. The van der Waals surface area contributed by atoms with Gasteiger partial charge in [-0.2, -0.15) is 0 Å². The van der Waals surface area contributed by atoms with Crippen LogP contribution in [-0.2, 0) is 16.0 Å². The van der Waals surface area contributed by atoms with E-state index in [9.17, 15) is 18.4 Å². The Hall–Kier alpha value is -1.98. The van der Waals surface area contributed by atoms with Gasteiger partial charge in [0.2, 0.25) is 11.8 Å². The smallest absolute Gasteiger partial charge is 0.227 e. The number of carbonyl (C=O) groups is 2. The van der Waals surface area contributed by atoms with Crippen molar-refractivity contribution in [2.75, 3.05) is 18.0 Å². The number of carbonyl (C=O) groups excluding carboxylic acids is 2. The fourth-order valence-corrected chi connectivity index (χ4v) is 2.91. The molecule has 0 atom stereocenters. The maximum Gasteiger partial charge on any atom is 0.227 e. The maximum absolute atomic E-state index is 13.5. The van der Waals surface area contributed by atoms with E-state index in [1.807, 2.05) is 0 Å². The molecule has 4 nitrogen and oxygen atoms in total. The van der Waals surface area contributed by atoms with Gasteiger partial charge in [0.1, 0.15) is 0 Å². The Morgan fingerprint density at radius 1 is 1.22 bits per heavy atom. The van der Waals surface area contributed by atoms with E-state index in [-0.39, 0.29) is 24.2 Å². The molecular weight excluding hydrogens is 302 g/mol. The van der Waals surface area contributed by atoms with E-state index in [2.05, 4.69) is 5.32 Å². The molecular formula is C17H20F2N2O2. The van der Waals surface area contributed by atoms with Gasteiger partial charge in [0.05, 0.1) is 0 Å². The van der Waals surface area contributed by atoms with Gasteiger partial charge in [-0.25, -0.2) is 8.78 Å². The molecule has 0 aromatic heterocycles. The molecule has 0 saturated heterocycles. The Labute approximate surface area is 133 Å². The minimum Gasteiger partial charge on any atom is -0.356 e. The van der Waals surface area contributed by atoms with Crippen molar-refractivity contribution in [3.63, 3.8) is 0 Å². The van der Waals surface area contributed by atoms with Crippen molar-refractivity contribution < 1.29 is 18.4 Å². The van der Waals surface area contributed by atoms with E-state index >= 15 is 0 Å². The first-order valence-corrected chi connectivity index (χ1v) is 8.12. The van der Waals surface area contributed by atoms with Crippen LogP contribution in [0.1, 0.15) is 37.7 Å². The molecule has 1 aromatic carbocycles. The molecule has 0 unspecified atom stereocenters. The lowest BCUT2D eigenvalue weighted by molar-refractivity contribution is -0.123. The SMILES string of the molecule is O=C(NCCCC(=O)N1CCCc2cc(F)c(F)cc21)C1CC1. The van der Waals surface area contributed by atoms with Crippen molar-refractivity contribution in [2.45, 2.75) is 38.5 Å². The zero-order valence-electron chi connectivity index (χ0n) is 12.9. The molecule has 3 rings (SSSR count). The van der Waals surface area contributed by atoms with Crippen LogP contribution >= 0.6 is 0 Å². The predicted molar refractivity (Wildman–Crippen MR) is 82.0 cm³/mol. The van der Waals surface area contributed by atoms with Crippen molar-refractivity contribution in [1.29, 1.82) is 0 Å². The number of rotatable bonds is 5.